The SMILES string of the molecule is NC(=O)c1ccc[n+]([C@@H]2O[C@H](COP(=O)(O)OP(=O)(O)OC[C@H]3O[C@@H](N4CNc5c(N)ncnc54)[C@H](OP(=O)(O)O)[C@@H]3O)[C@H](O)[C@H]2O)c1. The van der Waals surface area contributed by atoms with Gasteiger partial charge in [0, 0.05) is 6.07 Å². The standard InChI is InChI=1S/C21H30N7O17P3/c22-17-12-19(25-7-24-17)28(8-26-12)21-16(44-46(33,34)35)14(30)11(43-21)6-41-48(38,39)45-47(36,37)40-5-10-13(29)15(31)20(42-10)27-3-1-2-9(4-27)18(23)32/h1-4,7,10-11,13-16,20-21,26,29-31H,5-6,8H2,(H7-,22,23,24,25,32,33,34,35,36,37,38,39)/p+1/t10-,11-,13+,14-,15-,16-,20-,21-/m1/s1. The number of aliphatic hydroxyl groups is 3. The number of nitrogens with one attached hydrogen (secondary N) is 1. The van der Waals surface area contributed by atoms with E-state index in [4.69, 9.17) is 30.0 Å². The lowest BCUT2D eigenvalue weighted by molar-refractivity contribution is -0.765. The van der Waals surface area contributed by atoms with Gasteiger partial charge in [-0.3, -0.25) is 18.4 Å². The minimum atomic E-state index is -5.51. The molecule has 0 radical (unpaired) electrons. The van der Waals surface area contributed by atoms with Crippen molar-refractivity contribution < 1.29 is 85.3 Å². The molecule has 48 heavy (non-hydrogen) atoms. The second kappa shape index (κ2) is 13.9. The molecule has 12 N–H and O–H groups in total. The number of nitrogen functional groups attached to an aromatic ring is 1. The number of amides is 1. The summed E-state index contributed by atoms with van der Waals surface area (Å²) in [6.45, 7) is -2.11. The fourth-order valence-electron chi connectivity index (χ4n) is 5.03. The Bertz CT molecular complexity index is 1670. The summed E-state index contributed by atoms with van der Waals surface area (Å²) in [6, 6.07) is 2.80. The van der Waals surface area contributed by atoms with Gasteiger partial charge >= 0.3 is 23.5 Å². The molecule has 24 nitrogen and oxygen atoms in total. The van der Waals surface area contributed by atoms with E-state index in [1.54, 1.807) is 0 Å². The molecule has 0 spiro atoms. The van der Waals surface area contributed by atoms with Gasteiger partial charge in [-0.2, -0.15) is 8.88 Å². The zero-order valence-corrected chi connectivity index (χ0v) is 26.8. The first-order valence-electron chi connectivity index (χ1n) is 13.5. The van der Waals surface area contributed by atoms with E-state index in [-0.39, 0.29) is 29.6 Å². The number of aliphatic hydroxyl groups excluding tert-OH is 3. The number of nitrogens with two attached hydrogens (primary N) is 2. The highest BCUT2D eigenvalue weighted by atomic mass is 31.3. The van der Waals surface area contributed by atoms with Gasteiger partial charge < -0.3 is 66.1 Å². The maximum Gasteiger partial charge on any atom is 0.481 e. The van der Waals surface area contributed by atoms with Crippen LogP contribution in [-0.4, -0.2) is 114 Å². The lowest BCUT2D eigenvalue weighted by atomic mass is 10.1. The number of hydrogen-bond donors (Lipinski definition) is 10. The molecule has 0 aromatic carbocycles. The predicted octanol–water partition coefficient (Wildman–Crippen LogP) is -3.23. The highest BCUT2D eigenvalue weighted by Gasteiger charge is 2.53. The highest BCUT2D eigenvalue weighted by Crippen LogP contribution is 2.61. The molecule has 27 heteroatoms. The van der Waals surface area contributed by atoms with Crippen LogP contribution in [0, 0.1) is 0 Å². The van der Waals surface area contributed by atoms with Gasteiger partial charge in [0.05, 0.1) is 19.9 Å². The second-order valence-electron chi connectivity index (χ2n) is 10.4. The van der Waals surface area contributed by atoms with Gasteiger partial charge in [0.2, 0.25) is 0 Å². The van der Waals surface area contributed by atoms with Crippen molar-refractivity contribution in [1.29, 1.82) is 0 Å². The van der Waals surface area contributed by atoms with Gasteiger partial charge in [-0.15, -0.1) is 0 Å². The molecule has 2 aromatic rings. The van der Waals surface area contributed by atoms with Crippen molar-refractivity contribution in [2.24, 2.45) is 5.73 Å². The minimum Gasteiger partial charge on any atom is -0.387 e. The molecule has 3 aliphatic rings. The number of primary amides is 1. The Morgan fingerprint density at radius 1 is 1.02 bits per heavy atom. The maximum absolute atomic E-state index is 12.6. The van der Waals surface area contributed by atoms with Crippen LogP contribution in [0.4, 0.5) is 17.3 Å². The molecule has 0 aliphatic carbocycles. The maximum atomic E-state index is 12.6. The first-order chi connectivity index (χ1) is 22.4. The number of phosphoric acid groups is 3. The lowest BCUT2D eigenvalue weighted by Crippen LogP contribution is -2.46. The molecular formula is C21H31N7O17P3+. The van der Waals surface area contributed by atoms with Crippen molar-refractivity contribution in [3.8, 4) is 0 Å². The van der Waals surface area contributed by atoms with E-state index in [9.17, 15) is 53.4 Å². The third kappa shape index (κ3) is 8.17. The van der Waals surface area contributed by atoms with Crippen LogP contribution in [0.15, 0.2) is 30.9 Å². The number of phosphoric ester groups is 3. The van der Waals surface area contributed by atoms with Crippen molar-refractivity contribution in [3.63, 3.8) is 0 Å². The third-order valence-electron chi connectivity index (χ3n) is 7.18. The average molecular weight is 746 g/mol. The summed E-state index contributed by atoms with van der Waals surface area (Å²) in [4.78, 5) is 59.6. The van der Waals surface area contributed by atoms with E-state index in [1.165, 1.54) is 34.0 Å². The quantitative estimate of drug-likeness (QED) is 0.0711. The highest BCUT2D eigenvalue weighted by molar-refractivity contribution is 7.61. The predicted molar refractivity (Wildman–Crippen MR) is 153 cm³/mol. The minimum absolute atomic E-state index is 0.0290. The lowest BCUT2D eigenvalue weighted by Gasteiger charge is -2.29. The van der Waals surface area contributed by atoms with Gasteiger partial charge in [0.1, 0.15) is 48.1 Å². The van der Waals surface area contributed by atoms with Crippen LogP contribution in [0.2, 0.25) is 0 Å². The molecular weight excluding hydrogens is 715 g/mol. The van der Waals surface area contributed by atoms with Crippen LogP contribution in [0.25, 0.3) is 0 Å². The zero-order chi connectivity index (χ0) is 35.2. The number of anilines is 3. The van der Waals surface area contributed by atoms with E-state index < -0.39 is 91.7 Å². The number of fused-ring (bicyclic) bond motifs is 1. The van der Waals surface area contributed by atoms with Gasteiger partial charge in [-0.25, -0.2) is 23.7 Å². The van der Waals surface area contributed by atoms with Crippen molar-refractivity contribution in [2.75, 3.05) is 35.8 Å². The van der Waals surface area contributed by atoms with Crippen LogP contribution >= 0.6 is 23.5 Å². The normalized spacial score (nSPS) is 31.2. The molecule has 2 saturated heterocycles. The molecule has 5 rings (SSSR count). The van der Waals surface area contributed by atoms with Gasteiger partial charge in [-0.05, 0) is 6.07 Å². The summed E-state index contributed by atoms with van der Waals surface area (Å²) in [6.07, 6.45) is -9.21. The fourth-order valence-corrected chi connectivity index (χ4v) is 7.66. The van der Waals surface area contributed by atoms with Crippen molar-refractivity contribution in [1.82, 2.24) is 9.97 Å². The first-order valence-corrected chi connectivity index (χ1v) is 18.0. The Morgan fingerprint density at radius 3 is 2.29 bits per heavy atom. The topological polar surface area (TPSA) is 362 Å². The van der Waals surface area contributed by atoms with E-state index in [1.807, 2.05) is 0 Å². The Hall–Kier alpha value is -2.73. The Balaban J connectivity index is 1.19. The number of hydrogen-bond acceptors (Lipinski definition) is 18. The second-order valence-corrected chi connectivity index (χ2v) is 14.7. The fraction of sp³-hybridized carbons (Fsp3) is 0.524. The monoisotopic (exact) mass is 746 g/mol. The molecule has 1 amide bonds. The van der Waals surface area contributed by atoms with E-state index in [2.05, 4.69) is 24.1 Å². The third-order valence-corrected chi connectivity index (χ3v) is 10.3. The molecule has 3 aliphatic heterocycles. The van der Waals surface area contributed by atoms with Crippen molar-refractivity contribution >= 4 is 46.7 Å². The number of carbonyl (C=O) groups excluding carboxylic acids is 1. The number of aromatic nitrogens is 3. The van der Waals surface area contributed by atoms with E-state index in [0.717, 1.165) is 6.33 Å². The summed E-state index contributed by atoms with van der Waals surface area (Å²) in [5.74, 6) is -0.644. The summed E-state index contributed by atoms with van der Waals surface area (Å²) >= 11 is 0. The van der Waals surface area contributed by atoms with E-state index in [0.29, 0.717) is 0 Å². The van der Waals surface area contributed by atoms with Gasteiger partial charge in [0.15, 0.2) is 36.4 Å². The van der Waals surface area contributed by atoms with Crippen LogP contribution in [-0.2, 0) is 41.1 Å². The van der Waals surface area contributed by atoms with Crippen molar-refractivity contribution in [3.05, 3.63) is 36.4 Å². The molecule has 2 fully saturated rings. The van der Waals surface area contributed by atoms with Gasteiger partial charge in [0.25, 0.3) is 12.1 Å². The van der Waals surface area contributed by atoms with Crippen LogP contribution in [0.1, 0.15) is 16.6 Å². The number of rotatable bonds is 13. The van der Waals surface area contributed by atoms with Gasteiger partial charge in [-0.1, -0.05) is 0 Å². The number of carbonyl (C=O) groups is 1. The van der Waals surface area contributed by atoms with E-state index >= 15 is 0 Å². The molecule has 2 unspecified atom stereocenters. The molecule has 0 bridgehead atoms. The number of ether oxygens (including phenoxy) is 2. The van der Waals surface area contributed by atoms with Crippen molar-refractivity contribution in [2.45, 2.75) is 49.1 Å². The average Bonchev–Trinajstić information content (AvgIpc) is 3.64. The summed E-state index contributed by atoms with van der Waals surface area (Å²) in [5.41, 5.74) is 11.3. The zero-order valence-electron chi connectivity index (χ0n) is 24.1. The van der Waals surface area contributed by atoms with Crippen LogP contribution < -0.4 is 26.3 Å². The smallest absolute Gasteiger partial charge is 0.387 e. The summed E-state index contributed by atoms with van der Waals surface area (Å²) in [7, 11) is -16.2. The molecule has 266 valence electrons. The Morgan fingerprint density at radius 2 is 1.67 bits per heavy atom. The Labute approximate surface area is 269 Å². The largest absolute Gasteiger partial charge is 0.481 e. The molecule has 0 saturated carbocycles. The van der Waals surface area contributed by atoms with Crippen LogP contribution in [0.3, 0.4) is 0 Å². The molecule has 2 aromatic heterocycles. The summed E-state index contributed by atoms with van der Waals surface area (Å²) < 4.78 is 67.5. The molecule has 10 atom stereocenters. The number of nitrogens with zero attached hydrogens (tertiary/aromatic N) is 4. The number of pyridine rings is 1. The summed E-state index contributed by atoms with van der Waals surface area (Å²) in [5, 5.41) is 34.4. The molecule has 5 heterocycles. The Kier molecular flexibility index (Phi) is 10.6. The first kappa shape index (κ1) is 36.5. The van der Waals surface area contributed by atoms with Crippen LogP contribution in [0.5, 0.6) is 0 Å².